The van der Waals surface area contributed by atoms with Crippen LogP contribution in [0.4, 0.5) is 0 Å². The zero-order valence-electron chi connectivity index (χ0n) is 8.94. The van der Waals surface area contributed by atoms with Crippen LogP contribution in [0.1, 0.15) is 23.7 Å². The minimum Gasteiger partial charge on any atom is -0.278 e. The number of carbonyl (C=O) groups excluding carboxylic acids is 2. The summed E-state index contributed by atoms with van der Waals surface area (Å²) in [6, 6.07) is 7.31. The topological polar surface area (TPSA) is 37.4 Å². The van der Waals surface area contributed by atoms with Crippen LogP contribution >= 0.6 is 22.6 Å². The minimum atomic E-state index is -0.173. The van der Waals surface area contributed by atoms with E-state index < -0.39 is 0 Å². The summed E-state index contributed by atoms with van der Waals surface area (Å²) in [5.41, 5.74) is 0.592. The van der Waals surface area contributed by atoms with Crippen molar-refractivity contribution in [2.24, 2.45) is 5.92 Å². The van der Waals surface area contributed by atoms with Crippen molar-refractivity contribution in [2.45, 2.75) is 13.3 Å². The molecule has 1 heterocycles. The molecule has 1 unspecified atom stereocenters. The molecule has 1 saturated heterocycles. The molecule has 3 nitrogen and oxygen atoms in total. The molecule has 1 aromatic carbocycles. The molecule has 0 saturated carbocycles. The highest BCUT2D eigenvalue weighted by molar-refractivity contribution is 14.1. The van der Waals surface area contributed by atoms with Crippen molar-refractivity contribution in [1.82, 2.24) is 4.90 Å². The fourth-order valence-corrected chi connectivity index (χ4v) is 2.40. The van der Waals surface area contributed by atoms with Crippen LogP contribution in [0.15, 0.2) is 24.3 Å². The second kappa shape index (κ2) is 4.53. The Morgan fingerprint density at radius 1 is 1.50 bits per heavy atom. The number of carbonyl (C=O) groups is 2. The van der Waals surface area contributed by atoms with Gasteiger partial charge in [0, 0.05) is 22.1 Å². The largest absolute Gasteiger partial charge is 0.278 e. The Labute approximate surface area is 108 Å². The summed E-state index contributed by atoms with van der Waals surface area (Å²) in [5, 5.41) is 0. The molecule has 4 heteroatoms. The van der Waals surface area contributed by atoms with Crippen LogP contribution in [0.3, 0.4) is 0 Å². The average Bonchev–Trinajstić information content (AvgIpc) is 2.57. The standard InChI is InChI=1S/C12H12INO2/c1-8-5-11(15)14(7-8)12(16)9-3-2-4-10(13)6-9/h2-4,6,8H,5,7H2,1H3. The van der Waals surface area contributed by atoms with E-state index in [4.69, 9.17) is 0 Å². The molecule has 16 heavy (non-hydrogen) atoms. The molecule has 2 rings (SSSR count). The highest BCUT2D eigenvalue weighted by Gasteiger charge is 2.31. The van der Waals surface area contributed by atoms with E-state index in [1.54, 1.807) is 12.1 Å². The first-order valence-corrected chi connectivity index (χ1v) is 6.26. The summed E-state index contributed by atoms with van der Waals surface area (Å²) >= 11 is 2.16. The molecule has 0 spiro atoms. The van der Waals surface area contributed by atoms with Crippen LogP contribution in [-0.4, -0.2) is 23.3 Å². The highest BCUT2D eigenvalue weighted by Crippen LogP contribution is 2.20. The van der Waals surface area contributed by atoms with Crippen LogP contribution in [0.2, 0.25) is 0 Å². The van der Waals surface area contributed by atoms with Crippen LogP contribution in [-0.2, 0) is 4.79 Å². The number of benzene rings is 1. The van der Waals surface area contributed by atoms with Gasteiger partial charge in [-0.15, -0.1) is 0 Å². The average molecular weight is 329 g/mol. The fraction of sp³-hybridized carbons (Fsp3) is 0.333. The van der Waals surface area contributed by atoms with E-state index in [0.717, 1.165) is 3.57 Å². The van der Waals surface area contributed by atoms with Crippen LogP contribution in [0, 0.1) is 9.49 Å². The van der Waals surface area contributed by atoms with E-state index in [2.05, 4.69) is 22.6 Å². The number of imide groups is 1. The summed E-state index contributed by atoms with van der Waals surface area (Å²) in [4.78, 5) is 25.0. The summed E-state index contributed by atoms with van der Waals surface area (Å²) in [6.07, 6.45) is 0.482. The van der Waals surface area contributed by atoms with Crippen LogP contribution in [0.5, 0.6) is 0 Å². The van der Waals surface area contributed by atoms with E-state index in [1.165, 1.54) is 4.90 Å². The Kier molecular flexibility index (Phi) is 3.28. The highest BCUT2D eigenvalue weighted by atomic mass is 127. The minimum absolute atomic E-state index is 0.0589. The Hall–Kier alpha value is -0.910. The lowest BCUT2D eigenvalue weighted by Gasteiger charge is -2.14. The van der Waals surface area contributed by atoms with Crippen molar-refractivity contribution < 1.29 is 9.59 Å². The van der Waals surface area contributed by atoms with Gasteiger partial charge in [-0.3, -0.25) is 14.5 Å². The van der Waals surface area contributed by atoms with E-state index in [0.29, 0.717) is 18.5 Å². The molecule has 1 aliphatic rings. The molecule has 0 aromatic heterocycles. The smallest absolute Gasteiger partial charge is 0.260 e. The molecule has 0 bridgehead atoms. The summed E-state index contributed by atoms with van der Waals surface area (Å²) < 4.78 is 1.00. The lowest BCUT2D eigenvalue weighted by molar-refractivity contribution is -0.125. The number of nitrogens with zero attached hydrogens (tertiary/aromatic N) is 1. The second-order valence-electron chi connectivity index (χ2n) is 4.13. The Morgan fingerprint density at radius 3 is 2.81 bits per heavy atom. The van der Waals surface area contributed by atoms with Gasteiger partial charge in [0.15, 0.2) is 0 Å². The van der Waals surface area contributed by atoms with E-state index >= 15 is 0 Å². The van der Waals surface area contributed by atoms with E-state index in [1.807, 2.05) is 19.1 Å². The van der Waals surface area contributed by atoms with Crippen LogP contribution in [0.25, 0.3) is 0 Å². The van der Waals surface area contributed by atoms with Gasteiger partial charge in [-0.25, -0.2) is 0 Å². The number of hydrogen-bond donors (Lipinski definition) is 0. The fourth-order valence-electron chi connectivity index (χ4n) is 1.86. The van der Waals surface area contributed by atoms with Gasteiger partial charge in [0.2, 0.25) is 5.91 Å². The Morgan fingerprint density at radius 2 is 2.25 bits per heavy atom. The monoisotopic (exact) mass is 329 g/mol. The van der Waals surface area contributed by atoms with Gasteiger partial charge >= 0.3 is 0 Å². The van der Waals surface area contributed by atoms with Crippen molar-refractivity contribution in [3.8, 4) is 0 Å². The van der Waals surface area contributed by atoms with E-state index in [-0.39, 0.29) is 17.7 Å². The number of rotatable bonds is 1. The molecule has 1 fully saturated rings. The second-order valence-corrected chi connectivity index (χ2v) is 5.37. The molecule has 0 radical (unpaired) electrons. The van der Waals surface area contributed by atoms with Gasteiger partial charge in [0.1, 0.15) is 0 Å². The Balaban J connectivity index is 2.23. The predicted molar refractivity (Wildman–Crippen MR) is 69.0 cm³/mol. The third kappa shape index (κ3) is 2.26. The lowest BCUT2D eigenvalue weighted by Crippen LogP contribution is -2.32. The van der Waals surface area contributed by atoms with Crippen molar-refractivity contribution in [2.75, 3.05) is 6.54 Å². The van der Waals surface area contributed by atoms with Gasteiger partial charge in [-0.1, -0.05) is 13.0 Å². The first-order chi connectivity index (χ1) is 7.58. The maximum atomic E-state index is 12.1. The number of halogens is 1. The normalized spacial score (nSPS) is 20.2. The zero-order valence-corrected chi connectivity index (χ0v) is 11.1. The lowest BCUT2D eigenvalue weighted by atomic mass is 10.2. The van der Waals surface area contributed by atoms with Gasteiger partial charge in [0.25, 0.3) is 5.91 Å². The predicted octanol–water partition coefficient (Wildman–Crippen LogP) is 2.30. The number of likely N-dealkylation sites (tertiary alicyclic amines) is 1. The first-order valence-electron chi connectivity index (χ1n) is 5.18. The van der Waals surface area contributed by atoms with Gasteiger partial charge in [0.05, 0.1) is 0 Å². The molecule has 1 aliphatic heterocycles. The van der Waals surface area contributed by atoms with Gasteiger partial charge < -0.3 is 0 Å². The van der Waals surface area contributed by atoms with Crippen molar-refractivity contribution in [1.29, 1.82) is 0 Å². The number of hydrogen-bond acceptors (Lipinski definition) is 2. The summed E-state index contributed by atoms with van der Waals surface area (Å²) in [7, 11) is 0. The summed E-state index contributed by atoms with van der Waals surface area (Å²) in [6.45, 7) is 2.53. The molecular formula is C12H12INO2. The number of amides is 2. The Bertz CT molecular complexity index is 444. The molecule has 2 amide bonds. The first kappa shape index (κ1) is 11.6. The molecule has 0 aliphatic carbocycles. The van der Waals surface area contributed by atoms with Gasteiger partial charge in [-0.05, 0) is 46.7 Å². The molecule has 0 N–H and O–H groups in total. The molecule has 1 aromatic rings. The van der Waals surface area contributed by atoms with Crippen molar-refractivity contribution in [3.05, 3.63) is 33.4 Å². The maximum Gasteiger partial charge on any atom is 0.260 e. The van der Waals surface area contributed by atoms with Crippen LogP contribution < -0.4 is 0 Å². The third-order valence-electron chi connectivity index (χ3n) is 2.64. The maximum absolute atomic E-state index is 12.1. The zero-order chi connectivity index (χ0) is 11.7. The van der Waals surface area contributed by atoms with Crippen molar-refractivity contribution >= 4 is 34.4 Å². The molecular weight excluding hydrogens is 317 g/mol. The van der Waals surface area contributed by atoms with Crippen molar-refractivity contribution in [3.63, 3.8) is 0 Å². The van der Waals surface area contributed by atoms with E-state index in [9.17, 15) is 9.59 Å². The SMILES string of the molecule is CC1CC(=O)N(C(=O)c2cccc(I)c2)C1. The molecule has 1 atom stereocenters. The third-order valence-corrected chi connectivity index (χ3v) is 3.31. The van der Waals surface area contributed by atoms with Gasteiger partial charge in [-0.2, -0.15) is 0 Å². The summed E-state index contributed by atoms with van der Waals surface area (Å²) in [5.74, 6) is 0.0449. The quantitative estimate of drug-likeness (QED) is 0.586. The molecule has 84 valence electrons.